The molecule has 0 saturated heterocycles. The molecule has 7 heteroatoms. The lowest BCUT2D eigenvalue weighted by Crippen LogP contribution is -3.00. The van der Waals surface area contributed by atoms with E-state index in [0.29, 0.717) is 5.75 Å². The minimum atomic E-state index is 0. The molecule has 0 aliphatic carbocycles. The summed E-state index contributed by atoms with van der Waals surface area (Å²) < 4.78 is 2.98. The summed E-state index contributed by atoms with van der Waals surface area (Å²) in [7, 11) is 0. The molecule has 17 heavy (non-hydrogen) atoms. The van der Waals surface area contributed by atoms with E-state index in [1.807, 2.05) is 29.5 Å². The van der Waals surface area contributed by atoms with E-state index in [1.165, 1.54) is 11.8 Å². The molecule has 0 amide bonds. The highest BCUT2D eigenvalue weighted by molar-refractivity contribution is 9.10. The molecule has 0 aliphatic heterocycles. The molecule has 92 valence electrons. The Bertz CT molecular complexity index is 554. The fraction of sp³-hybridized carbons (Fsp3) is 0.200. The fourth-order valence-electron chi connectivity index (χ4n) is 1.50. The van der Waals surface area contributed by atoms with Crippen LogP contribution in [0.25, 0.3) is 5.65 Å². The molecule has 0 fully saturated rings. The van der Waals surface area contributed by atoms with E-state index in [2.05, 4.69) is 20.9 Å². The van der Waals surface area contributed by atoms with Crippen molar-refractivity contribution in [3.05, 3.63) is 34.2 Å². The van der Waals surface area contributed by atoms with Crippen molar-refractivity contribution in [2.45, 2.75) is 12.7 Å². The summed E-state index contributed by atoms with van der Waals surface area (Å²) in [6.07, 6.45) is 0. The van der Waals surface area contributed by atoms with Crippen LogP contribution in [-0.2, 0) is 5.75 Å². The van der Waals surface area contributed by atoms with Gasteiger partial charge >= 0.3 is 0 Å². The molecule has 2 heterocycles. The topological polar surface area (TPSA) is 67.2 Å². The monoisotopic (exact) mass is 333 g/mol. The highest BCUT2D eigenvalue weighted by Gasteiger charge is 2.11. The number of thioether (sulfide) groups is 1. The average Bonchev–Trinajstić information content (AvgIpc) is 2.54. The van der Waals surface area contributed by atoms with Crippen LogP contribution < -0.4 is 18.1 Å². The number of aromatic nitrogens is 2. The van der Waals surface area contributed by atoms with Gasteiger partial charge in [0.25, 0.3) is 0 Å². The third-order valence-electron chi connectivity index (χ3n) is 2.21. The molecule has 0 unspecified atom stereocenters. The molecule has 2 aromatic rings. The number of aryl methyl sites for hydroxylation is 1. The summed E-state index contributed by atoms with van der Waals surface area (Å²) in [5, 5.41) is 7.29. The summed E-state index contributed by atoms with van der Waals surface area (Å²) >= 11 is 4.80. The van der Waals surface area contributed by atoms with Crippen LogP contribution in [0.2, 0.25) is 0 Å². The van der Waals surface area contributed by atoms with Gasteiger partial charge in [-0.15, -0.1) is 0 Å². The van der Waals surface area contributed by atoms with Crippen LogP contribution in [0, 0.1) is 12.3 Å². The lowest BCUT2D eigenvalue weighted by molar-refractivity contribution is -0.00000367. The van der Waals surface area contributed by atoms with E-state index < -0.39 is 0 Å². The normalized spacial score (nSPS) is 10.2. The summed E-state index contributed by atoms with van der Waals surface area (Å²) in [6, 6.07) is 5.97. The van der Waals surface area contributed by atoms with Crippen LogP contribution in [0.5, 0.6) is 0 Å². The van der Waals surface area contributed by atoms with Gasteiger partial charge < -0.3 is 18.1 Å². The zero-order chi connectivity index (χ0) is 11.7. The maximum atomic E-state index is 7.18. The van der Waals surface area contributed by atoms with Crippen LogP contribution in [0.15, 0.2) is 22.8 Å². The third kappa shape index (κ3) is 2.94. The van der Waals surface area contributed by atoms with Crippen molar-refractivity contribution >= 4 is 38.5 Å². The number of hydrogen-bond donors (Lipinski definition) is 2. The van der Waals surface area contributed by atoms with Gasteiger partial charge in [-0.1, -0.05) is 17.8 Å². The Morgan fingerprint density at radius 3 is 2.88 bits per heavy atom. The lowest BCUT2D eigenvalue weighted by Gasteiger charge is -2.00. The number of nitrogens with zero attached hydrogens (tertiary/aromatic N) is 2. The molecule has 0 bridgehead atoms. The molecule has 0 aromatic carbocycles. The quantitative estimate of drug-likeness (QED) is 0.577. The molecule has 0 radical (unpaired) electrons. The first-order valence-corrected chi connectivity index (χ1v) is 6.46. The number of pyridine rings is 1. The Morgan fingerprint density at radius 2 is 2.29 bits per heavy atom. The van der Waals surface area contributed by atoms with Crippen molar-refractivity contribution in [1.29, 1.82) is 5.41 Å². The van der Waals surface area contributed by atoms with E-state index in [1.54, 1.807) is 0 Å². The Kier molecular flexibility index (Phi) is 4.85. The molecule has 0 saturated carbocycles. The van der Waals surface area contributed by atoms with E-state index in [-0.39, 0.29) is 17.6 Å². The predicted molar refractivity (Wildman–Crippen MR) is 70.8 cm³/mol. The number of imidazole rings is 1. The highest BCUT2D eigenvalue weighted by Crippen LogP contribution is 2.24. The number of nitrogens with two attached hydrogens (primary N) is 1. The summed E-state index contributed by atoms with van der Waals surface area (Å²) in [4.78, 5) is 4.49. The number of amidine groups is 1. The number of fused-ring (bicyclic) bond motifs is 1. The first-order chi connectivity index (χ1) is 7.59. The van der Waals surface area contributed by atoms with Crippen LogP contribution >= 0.6 is 27.7 Å². The highest BCUT2D eigenvalue weighted by atomic mass is 79.9. The maximum absolute atomic E-state index is 7.18. The molecule has 2 rings (SSSR count). The van der Waals surface area contributed by atoms with Crippen molar-refractivity contribution in [3.8, 4) is 0 Å². The molecule has 0 atom stereocenters. The van der Waals surface area contributed by atoms with Crippen LogP contribution in [0.1, 0.15) is 11.4 Å². The van der Waals surface area contributed by atoms with Gasteiger partial charge in [-0.3, -0.25) is 9.81 Å². The van der Waals surface area contributed by atoms with Crippen molar-refractivity contribution in [2.24, 2.45) is 5.73 Å². The number of rotatable bonds is 2. The van der Waals surface area contributed by atoms with Crippen molar-refractivity contribution in [2.75, 3.05) is 0 Å². The average molecular weight is 335 g/mol. The molecular weight excluding hydrogens is 324 g/mol. The van der Waals surface area contributed by atoms with E-state index >= 15 is 0 Å². The van der Waals surface area contributed by atoms with Gasteiger partial charge in [-0.25, -0.2) is 4.98 Å². The van der Waals surface area contributed by atoms with Gasteiger partial charge in [-0.05, 0) is 35.0 Å². The molecular formula is C10H11BrClN4S-. The second-order valence-corrected chi connectivity index (χ2v) is 5.13. The standard InChI is InChI=1S/C10H11BrN4S.ClH/c1-6-3-2-4-8-14-7(5-16-10(12)13)9(11)15(6)8;/h2-4H,5H2,1H3,(H3,12,13);1H/p-1. The smallest absolute Gasteiger partial charge is 0.151 e. The Morgan fingerprint density at radius 1 is 1.59 bits per heavy atom. The molecule has 2 aromatic heterocycles. The molecule has 0 aliphatic rings. The lowest BCUT2D eigenvalue weighted by atomic mass is 10.4. The van der Waals surface area contributed by atoms with Gasteiger partial charge in [0.15, 0.2) is 5.17 Å². The predicted octanol–water partition coefficient (Wildman–Crippen LogP) is -0.464. The minimum absolute atomic E-state index is 0. The number of halogens is 2. The van der Waals surface area contributed by atoms with E-state index in [0.717, 1.165) is 21.6 Å². The van der Waals surface area contributed by atoms with Crippen molar-refractivity contribution in [1.82, 2.24) is 9.38 Å². The number of hydrogen-bond acceptors (Lipinski definition) is 3. The second-order valence-electron chi connectivity index (χ2n) is 3.36. The SMILES string of the molecule is Cc1cccc2nc(CSC(=N)N)c(Br)n12.[Cl-]. The fourth-order valence-corrected chi connectivity index (χ4v) is 2.87. The van der Waals surface area contributed by atoms with Crippen molar-refractivity contribution < 1.29 is 12.4 Å². The Hall–Kier alpha value is -0.720. The van der Waals surface area contributed by atoms with Crippen molar-refractivity contribution in [3.63, 3.8) is 0 Å². The van der Waals surface area contributed by atoms with E-state index in [4.69, 9.17) is 11.1 Å². The van der Waals surface area contributed by atoms with Gasteiger partial charge in [0, 0.05) is 11.4 Å². The largest absolute Gasteiger partial charge is 1.00 e. The minimum Gasteiger partial charge on any atom is -1.00 e. The molecule has 4 nitrogen and oxygen atoms in total. The van der Waals surface area contributed by atoms with Crippen LogP contribution in [0.3, 0.4) is 0 Å². The zero-order valence-electron chi connectivity index (χ0n) is 9.08. The molecule has 0 spiro atoms. The molecule has 3 N–H and O–H groups in total. The Labute approximate surface area is 118 Å². The zero-order valence-corrected chi connectivity index (χ0v) is 12.2. The summed E-state index contributed by atoms with van der Waals surface area (Å²) in [5.74, 6) is 0.608. The Balaban J connectivity index is 0.00000144. The van der Waals surface area contributed by atoms with Crippen LogP contribution in [0.4, 0.5) is 0 Å². The van der Waals surface area contributed by atoms with Gasteiger partial charge in [0.2, 0.25) is 0 Å². The van der Waals surface area contributed by atoms with Gasteiger partial charge in [0.05, 0.1) is 5.69 Å². The summed E-state index contributed by atoms with van der Waals surface area (Å²) in [6.45, 7) is 2.03. The van der Waals surface area contributed by atoms with Gasteiger partial charge in [0.1, 0.15) is 10.3 Å². The van der Waals surface area contributed by atoms with E-state index in [9.17, 15) is 0 Å². The number of nitrogens with one attached hydrogen (secondary N) is 1. The second kappa shape index (κ2) is 5.75. The van der Waals surface area contributed by atoms with Gasteiger partial charge in [-0.2, -0.15) is 0 Å². The third-order valence-corrected chi connectivity index (χ3v) is 3.75. The maximum Gasteiger partial charge on any atom is 0.151 e. The summed E-state index contributed by atoms with van der Waals surface area (Å²) in [5.41, 5.74) is 8.25. The van der Waals surface area contributed by atoms with Crippen LogP contribution in [-0.4, -0.2) is 14.6 Å². The first kappa shape index (κ1) is 14.3. The first-order valence-electron chi connectivity index (χ1n) is 4.69.